The van der Waals surface area contributed by atoms with Gasteiger partial charge in [-0.1, -0.05) is 30.3 Å². The summed E-state index contributed by atoms with van der Waals surface area (Å²) in [6.45, 7) is 0. The van der Waals surface area contributed by atoms with Crippen LogP contribution in [0, 0.1) is 0 Å². The van der Waals surface area contributed by atoms with E-state index in [4.69, 9.17) is 4.42 Å². The minimum Gasteiger partial charge on any atom is -0.508 e. The highest BCUT2D eigenvalue weighted by Gasteiger charge is 2.21. The van der Waals surface area contributed by atoms with Gasteiger partial charge in [0.25, 0.3) is 0 Å². The van der Waals surface area contributed by atoms with Gasteiger partial charge in [-0.05, 0) is 23.3 Å². The van der Waals surface area contributed by atoms with E-state index in [0.717, 1.165) is 5.56 Å². The van der Waals surface area contributed by atoms with Crippen LogP contribution in [0.15, 0.2) is 63.8 Å². The third kappa shape index (κ3) is 5.61. The number of hydrogen-bond donors (Lipinski definition) is 3. The summed E-state index contributed by atoms with van der Waals surface area (Å²) in [4.78, 5) is 35.7. The van der Waals surface area contributed by atoms with Crippen molar-refractivity contribution in [2.24, 2.45) is 0 Å². The Bertz CT molecular complexity index is 1080. The summed E-state index contributed by atoms with van der Waals surface area (Å²) in [7, 11) is 0. The summed E-state index contributed by atoms with van der Waals surface area (Å²) in [6.07, 6.45) is -0.181. The summed E-state index contributed by atoms with van der Waals surface area (Å²) in [6, 6.07) is 14.0. The average Bonchev–Trinajstić information content (AvgIpc) is 2.67. The quantitative estimate of drug-likeness (QED) is 0.486. The fraction of sp³-hybridized carbons (Fsp3) is 0.190. The Morgan fingerprint density at radius 1 is 1.10 bits per heavy atom. The molecule has 0 aliphatic rings. The lowest BCUT2D eigenvalue weighted by Crippen LogP contribution is -2.43. The average molecular weight is 413 g/mol. The third-order valence-corrected chi connectivity index (χ3v) is 5.30. The van der Waals surface area contributed by atoms with Crippen LogP contribution in [0.3, 0.4) is 0 Å². The van der Waals surface area contributed by atoms with Gasteiger partial charge in [-0.2, -0.15) is 11.8 Å². The van der Waals surface area contributed by atoms with Gasteiger partial charge in [0.15, 0.2) is 0 Å². The number of carbonyl (C=O) groups is 2. The number of carboxylic acid groups (broad SMARTS) is 1. The molecule has 0 fully saturated rings. The Kier molecular flexibility index (Phi) is 6.56. The number of fused-ring (bicyclic) bond motifs is 1. The molecule has 0 aliphatic carbocycles. The van der Waals surface area contributed by atoms with Crippen LogP contribution in [-0.4, -0.2) is 33.9 Å². The number of rotatable bonds is 8. The van der Waals surface area contributed by atoms with Crippen molar-refractivity contribution in [2.75, 3.05) is 5.75 Å². The van der Waals surface area contributed by atoms with Gasteiger partial charge in [-0.3, -0.25) is 4.79 Å². The van der Waals surface area contributed by atoms with Gasteiger partial charge in [0, 0.05) is 29.0 Å². The molecule has 3 rings (SSSR count). The van der Waals surface area contributed by atoms with Crippen LogP contribution >= 0.6 is 11.8 Å². The molecule has 1 heterocycles. The SMILES string of the molecule is O=C(Cc1cc(=O)oc2cc(O)ccc12)NC(CSCc1ccccc1)C(=O)O. The van der Waals surface area contributed by atoms with E-state index in [1.807, 2.05) is 30.3 Å². The lowest BCUT2D eigenvalue weighted by Gasteiger charge is -2.15. The predicted molar refractivity (Wildman–Crippen MR) is 110 cm³/mol. The Labute approximate surface area is 170 Å². The molecule has 0 bridgehead atoms. The molecule has 0 radical (unpaired) electrons. The normalized spacial score (nSPS) is 11.9. The van der Waals surface area contributed by atoms with Crippen molar-refractivity contribution in [2.45, 2.75) is 18.2 Å². The van der Waals surface area contributed by atoms with Crippen molar-refractivity contribution >= 4 is 34.6 Å². The highest BCUT2D eigenvalue weighted by Crippen LogP contribution is 2.22. The smallest absolute Gasteiger partial charge is 0.336 e. The van der Waals surface area contributed by atoms with Crippen LogP contribution in [0.4, 0.5) is 0 Å². The fourth-order valence-corrected chi connectivity index (χ4v) is 3.83. The standard InChI is InChI=1S/C21H19NO6S/c23-15-6-7-16-14(9-20(25)28-18(16)10-15)8-19(24)22-17(21(26)27)12-29-11-13-4-2-1-3-5-13/h1-7,9-10,17,23H,8,11-12H2,(H,22,24)(H,26,27). The predicted octanol–water partition coefficient (Wildman–Crippen LogP) is 2.54. The molecule has 0 saturated heterocycles. The van der Waals surface area contributed by atoms with Crippen LogP contribution in [0.2, 0.25) is 0 Å². The second-order valence-corrected chi connectivity index (χ2v) is 7.44. The molecule has 3 N–H and O–H groups in total. The van der Waals surface area contributed by atoms with E-state index in [-0.39, 0.29) is 23.5 Å². The first-order valence-electron chi connectivity index (χ1n) is 8.82. The number of hydrogen-bond acceptors (Lipinski definition) is 6. The minimum absolute atomic E-state index is 0.0661. The lowest BCUT2D eigenvalue weighted by atomic mass is 10.1. The Morgan fingerprint density at radius 2 is 1.86 bits per heavy atom. The number of nitrogens with one attached hydrogen (secondary N) is 1. The largest absolute Gasteiger partial charge is 0.508 e. The van der Waals surface area contributed by atoms with E-state index in [9.17, 15) is 24.6 Å². The first kappa shape index (κ1) is 20.5. The summed E-state index contributed by atoms with van der Waals surface area (Å²) < 4.78 is 5.03. The maximum absolute atomic E-state index is 12.4. The summed E-state index contributed by atoms with van der Waals surface area (Å²) in [5, 5.41) is 21.9. The maximum Gasteiger partial charge on any atom is 0.336 e. The topological polar surface area (TPSA) is 117 Å². The molecule has 3 aromatic rings. The van der Waals surface area contributed by atoms with Crippen molar-refractivity contribution in [1.82, 2.24) is 5.32 Å². The second-order valence-electron chi connectivity index (χ2n) is 6.41. The zero-order valence-electron chi connectivity index (χ0n) is 15.3. The van der Waals surface area contributed by atoms with Crippen LogP contribution in [0.25, 0.3) is 11.0 Å². The van der Waals surface area contributed by atoms with Crippen molar-refractivity contribution in [3.8, 4) is 5.75 Å². The molecule has 7 nitrogen and oxygen atoms in total. The van der Waals surface area contributed by atoms with Gasteiger partial charge in [-0.25, -0.2) is 9.59 Å². The zero-order valence-corrected chi connectivity index (χ0v) is 16.1. The molecule has 1 unspecified atom stereocenters. The molecule has 0 aliphatic heterocycles. The Morgan fingerprint density at radius 3 is 2.59 bits per heavy atom. The van der Waals surface area contributed by atoms with E-state index in [0.29, 0.717) is 16.7 Å². The third-order valence-electron chi connectivity index (χ3n) is 4.19. The number of amides is 1. The molecule has 0 spiro atoms. The highest BCUT2D eigenvalue weighted by molar-refractivity contribution is 7.98. The van der Waals surface area contributed by atoms with Gasteiger partial charge in [-0.15, -0.1) is 0 Å². The van der Waals surface area contributed by atoms with E-state index in [1.165, 1.54) is 30.0 Å². The van der Waals surface area contributed by atoms with Crippen LogP contribution in [0.5, 0.6) is 5.75 Å². The first-order valence-corrected chi connectivity index (χ1v) is 9.97. The lowest BCUT2D eigenvalue weighted by molar-refractivity contribution is -0.141. The highest BCUT2D eigenvalue weighted by atomic mass is 32.2. The van der Waals surface area contributed by atoms with E-state index in [2.05, 4.69) is 5.32 Å². The number of benzene rings is 2. The number of carboxylic acids is 1. The van der Waals surface area contributed by atoms with Crippen LogP contribution in [0.1, 0.15) is 11.1 Å². The van der Waals surface area contributed by atoms with Gasteiger partial charge in [0.05, 0.1) is 6.42 Å². The molecule has 1 atom stereocenters. The molecule has 150 valence electrons. The van der Waals surface area contributed by atoms with Gasteiger partial charge in [0.2, 0.25) is 5.91 Å². The zero-order chi connectivity index (χ0) is 20.8. The molecule has 0 saturated carbocycles. The summed E-state index contributed by atoms with van der Waals surface area (Å²) in [5.74, 6) is -0.863. The van der Waals surface area contributed by atoms with Gasteiger partial charge < -0.3 is 19.9 Å². The molecule has 1 aromatic heterocycles. The Hall–Kier alpha value is -3.26. The number of thioether (sulfide) groups is 1. The summed E-state index contributed by atoms with van der Waals surface area (Å²) >= 11 is 1.41. The minimum atomic E-state index is -1.12. The molecule has 2 aromatic carbocycles. The van der Waals surface area contributed by atoms with Gasteiger partial charge in [0.1, 0.15) is 17.4 Å². The monoisotopic (exact) mass is 413 g/mol. The van der Waals surface area contributed by atoms with Crippen LogP contribution < -0.4 is 10.9 Å². The number of phenolic OH excluding ortho intramolecular Hbond substituents is 1. The number of carbonyl (C=O) groups excluding carboxylic acids is 1. The molecular weight excluding hydrogens is 394 g/mol. The maximum atomic E-state index is 12.4. The number of aromatic hydroxyl groups is 1. The van der Waals surface area contributed by atoms with E-state index < -0.39 is 23.5 Å². The number of aliphatic carboxylic acids is 1. The Balaban J connectivity index is 1.65. The van der Waals surface area contributed by atoms with Crippen LogP contribution in [-0.2, 0) is 21.8 Å². The molecule has 8 heteroatoms. The van der Waals surface area contributed by atoms with Crippen molar-refractivity contribution in [3.05, 3.63) is 76.1 Å². The number of phenols is 1. The van der Waals surface area contributed by atoms with Crippen molar-refractivity contribution in [3.63, 3.8) is 0 Å². The molecule has 1 amide bonds. The van der Waals surface area contributed by atoms with Crippen molar-refractivity contribution in [1.29, 1.82) is 0 Å². The summed E-state index contributed by atoms with van der Waals surface area (Å²) in [5.41, 5.74) is 0.973. The first-order chi connectivity index (χ1) is 13.9. The fourth-order valence-electron chi connectivity index (χ4n) is 2.83. The van der Waals surface area contributed by atoms with E-state index >= 15 is 0 Å². The van der Waals surface area contributed by atoms with Crippen molar-refractivity contribution < 1.29 is 24.2 Å². The molecule has 29 heavy (non-hydrogen) atoms. The van der Waals surface area contributed by atoms with Gasteiger partial charge >= 0.3 is 11.6 Å². The molecular formula is C21H19NO6S. The second kappa shape index (κ2) is 9.29. The van der Waals surface area contributed by atoms with E-state index in [1.54, 1.807) is 6.07 Å².